The van der Waals surface area contributed by atoms with Crippen molar-refractivity contribution >= 4 is 28.1 Å². The minimum atomic E-state index is -0.0984. The molecule has 0 radical (unpaired) electrons. The molecule has 22 heavy (non-hydrogen) atoms. The predicted molar refractivity (Wildman–Crippen MR) is 87.8 cm³/mol. The molecule has 0 spiro atoms. The van der Waals surface area contributed by atoms with Gasteiger partial charge in [-0.1, -0.05) is 51.1 Å². The number of rotatable bonds is 6. The Balaban J connectivity index is 2.93. The van der Waals surface area contributed by atoms with Gasteiger partial charge in [0.1, 0.15) is 0 Å². The second-order valence-corrected chi connectivity index (χ2v) is 5.22. The molecule has 0 aliphatic rings. The van der Waals surface area contributed by atoms with Gasteiger partial charge in [-0.15, -0.1) is 0 Å². The van der Waals surface area contributed by atoms with Crippen molar-refractivity contribution in [1.29, 1.82) is 0 Å². The van der Waals surface area contributed by atoms with E-state index in [1.807, 2.05) is 18.2 Å². The van der Waals surface area contributed by atoms with Crippen LogP contribution < -0.4 is 0 Å². The highest BCUT2D eigenvalue weighted by Crippen LogP contribution is 2.29. The van der Waals surface area contributed by atoms with Gasteiger partial charge in [0, 0.05) is 41.3 Å². The molecule has 0 aliphatic heterocycles. The Kier molecular flexibility index (Phi) is 4.86. The largest absolute Gasteiger partial charge is 0.294 e. The normalized spacial score (nSPS) is 10.7. The first kappa shape index (κ1) is 16.1. The summed E-state index contributed by atoms with van der Waals surface area (Å²) in [4.78, 5) is 36.9. The van der Waals surface area contributed by atoms with Gasteiger partial charge in [-0.2, -0.15) is 0 Å². The van der Waals surface area contributed by atoms with Crippen LogP contribution in [0, 0.1) is 0 Å². The van der Waals surface area contributed by atoms with Crippen molar-refractivity contribution in [1.82, 2.24) is 0 Å². The molecule has 0 heterocycles. The third kappa shape index (κ3) is 2.71. The van der Waals surface area contributed by atoms with E-state index in [-0.39, 0.29) is 17.3 Å². The van der Waals surface area contributed by atoms with Gasteiger partial charge in [-0.25, -0.2) is 0 Å². The van der Waals surface area contributed by atoms with Crippen molar-refractivity contribution in [2.45, 2.75) is 40.0 Å². The van der Waals surface area contributed by atoms with Crippen LogP contribution in [0.5, 0.6) is 0 Å². The van der Waals surface area contributed by atoms with Crippen molar-refractivity contribution in [3.8, 4) is 0 Å². The summed E-state index contributed by atoms with van der Waals surface area (Å²) in [6, 6.07) is 8.94. The molecule has 0 N–H and O–H groups in total. The summed E-state index contributed by atoms with van der Waals surface area (Å²) in [7, 11) is 0. The summed E-state index contributed by atoms with van der Waals surface area (Å²) in [6.07, 6.45) is 1.00. The quantitative estimate of drug-likeness (QED) is 0.731. The average molecular weight is 296 g/mol. The summed E-state index contributed by atoms with van der Waals surface area (Å²) >= 11 is 0. The van der Waals surface area contributed by atoms with E-state index < -0.39 is 0 Å². The highest BCUT2D eigenvalue weighted by atomic mass is 16.1. The molecule has 0 saturated carbocycles. The minimum absolute atomic E-state index is 0.0168. The molecule has 0 fully saturated rings. The summed E-state index contributed by atoms with van der Waals surface area (Å²) in [6.45, 7) is 5.34. The molecule has 0 atom stereocenters. The van der Waals surface area contributed by atoms with Gasteiger partial charge in [0.05, 0.1) is 0 Å². The maximum atomic E-state index is 12.5. The molecule has 0 bridgehead atoms. The number of carbonyl (C=O) groups excluding carboxylic acids is 3. The van der Waals surface area contributed by atoms with Gasteiger partial charge in [-0.05, 0) is 5.39 Å². The van der Waals surface area contributed by atoms with Crippen molar-refractivity contribution < 1.29 is 14.4 Å². The Morgan fingerprint density at radius 3 is 1.91 bits per heavy atom. The molecule has 0 unspecified atom stereocenters. The highest BCUT2D eigenvalue weighted by molar-refractivity contribution is 6.21. The molecule has 0 saturated heterocycles. The second kappa shape index (κ2) is 6.65. The number of carbonyl (C=O) groups is 3. The number of Topliss-reactive ketones (excluding diaryl/α,β-unsaturated/α-hetero) is 3. The number of fused-ring (bicyclic) bond motifs is 1. The van der Waals surface area contributed by atoms with Gasteiger partial charge in [0.25, 0.3) is 0 Å². The van der Waals surface area contributed by atoms with Gasteiger partial charge in [0.15, 0.2) is 17.3 Å². The molecule has 0 aliphatic carbocycles. The number of hydrogen-bond acceptors (Lipinski definition) is 3. The fourth-order valence-corrected chi connectivity index (χ4v) is 2.69. The molecule has 3 heteroatoms. The first-order chi connectivity index (χ1) is 10.5. The van der Waals surface area contributed by atoms with Crippen LogP contribution in [0.15, 0.2) is 30.3 Å². The van der Waals surface area contributed by atoms with E-state index in [0.29, 0.717) is 41.3 Å². The monoisotopic (exact) mass is 296 g/mol. The van der Waals surface area contributed by atoms with Gasteiger partial charge >= 0.3 is 0 Å². The van der Waals surface area contributed by atoms with Crippen molar-refractivity contribution in [3.05, 3.63) is 47.0 Å². The number of hydrogen-bond donors (Lipinski definition) is 0. The fraction of sp³-hybridized carbons (Fsp3) is 0.316. The van der Waals surface area contributed by atoms with Crippen molar-refractivity contribution in [3.63, 3.8) is 0 Å². The minimum Gasteiger partial charge on any atom is -0.294 e. The van der Waals surface area contributed by atoms with E-state index in [1.165, 1.54) is 0 Å². The molecular formula is C19H20O3. The third-order valence-electron chi connectivity index (χ3n) is 3.89. The molecule has 2 rings (SSSR count). The van der Waals surface area contributed by atoms with E-state index in [9.17, 15) is 14.4 Å². The summed E-state index contributed by atoms with van der Waals surface area (Å²) in [5.74, 6) is -0.187. The SMILES string of the molecule is CCC(=O)c1ccc2cccc(C(=O)CC)c2c1C(=O)CC. The van der Waals surface area contributed by atoms with Crippen LogP contribution in [-0.2, 0) is 0 Å². The molecule has 114 valence electrons. The van der Waals surface area contributed by atoms with Crippen molar-refractivity contribution in [2.75, 3.05) is 0 Å². The molecule has 0 amide bonds. The van der Waals surface area contributed by atoms with E-state index in [0.717, 1.165) is 5.39 Å². The Morgan fingerprint density at radius 2 is 1.32 bits per heavy atom. The summed E-state index contributed by atoms with van der Waals surface area (Å²) < 4.78 is 0. The topological polar surface area (TPSA) is 51.2 Å². The van der Waals surface area contributed by atoms with Gasteiger partial charge in [-0.3, -0.25) is 14.4 Å². The van der Waals surface area contributed by atoms with Crippen LogP contribution >= 0.6 is 0 Å². The maximum Gasteiger partial charge on any atom is 0.163 e. The zero-order valence-corrected chi connectivity index (χ0v) is 13.2. The number of ketones is 3. The lowest BCUT2D eigenvalue weighted by Gasteiger charge is -2.13. The lowest BCUT2D eigenvalue weighted by molar-refractivity contribution is 0.0956. The van der Waals surface area contributed by atoms with Crippen LogP contribution in [0.1, 0.15) is 71.1 Å². The van der Waals surface area contributed by atoms with Crippen molar-refractivity contribution in [2.24, 2.45) is 0 Å². The molecule has 2 aromatic rings. The average Bonchev–Trinajstić information content (AvgIpc) is 2.57. The van der Waals surface area contributed by atoms with Gasteiger partial charge < -0.3 is 0 Å². The highest BCUT2D eigenvalue weighted by Gasteiger charge is 2.21. The van der Waals surface area contributed by atoms with E-state index in [1.54, 1.807) is 32.9 Å². The van der Waals surface area contributed by atoms with E-state index in [4.69, 9.17) is 0 Å². The van der Waals surface area contributed by atoms with Crippen LogP contribution in [-0.4, -0.2) is 17.3 Å². The summed E-state index contributed by atoms with van der Waals surface area (Å²) in [5.41, 5.74) is 1.37. The molecule has 0 aromatic heterocycles. The first-order valence-corrected chi connectivity index (χ1v) is 7.70. The molecular weight excluding hydrogens is 276 g/mol. The van der Waals surface area contributed by atoms with Crippen LogP contribution in [0.4, 0.5) is 0 Å². The molecule has 3 nitrogen and oxygen atoms in total. The summed E-state index contributed by atoms with van der Waals surface area (Å²) in [5, 5.41) is 1.45. The Labute approximate surface area is 130 Å². The van der Waals surface area contributed by atoms with E-state index >= 15 is 0 Å². The van der Waals surface area contributed by atoms with Crippen LogP contribution in [0.25, 0.3) is 10.8 Å². The first-order valence-electron chi connectivity index (χ1n) is 7.70. The smallest absolute Gasteiger partial charge is 0.163 e. The fourth-order valence-electron chi connectivity index (χ4n) is 2.69. The van der Waals surface area contributed by atoms with Gasteiger partial charge in [0.2, 0.25) is 0 Å². The standard InChI is InChI=1S/C19H20O3/c1-4-15(20)13-9-7-8-12-10-11-14(16(21)5-2)19(18(12)13)17(22)6-3/h7-11H,4-6H2,1-3H3. The predicted octanol–water partition coefficient (Wildman–Crippen LogP) is 4.62. The Hall–Kier alpha value is -2.29. The maximum absolute atomic E-state index is 12.5. The zero-order valence-electron chi connectivity index (χ0n) is 13.2. The van der Waals surface area contributed by atoms with Crippen LogP contribution in [0.2, 0.25) is 0 Å². The number of benzene rings is 2. The Morgan fingerprint density at radius 1 is 0.727 bits per heavy atom. The van der Waals surface area contributed by atoms with Crippen LogP contribution in [0.3, 0.4) is 0 Å². The second-order valence-electron chi connectivity index (χ2n) is 5.22. The Bertz CT molecular complexity index is 757. The zero-order chi connectivity index (χ0) is 16.3. The lowest BCUT2D eigenvalue weighted by Crippen LogP contribution is -2.11. The lowest BCUT2D eigenvalue weighted by atomic mass is 9.88. The molecule has 2 aromatic carbocycles. The van der Waals surface area contributed by atoms with E-state index in [2.05, 4.69) is 0 Å². The third-order valence-corrected chi connectivity index (χ3v) is 3.89.